The van der Waals surface area contributed by atoms with Gasteiger partial charge in [-0.2, -0.15) is 0 Å². The molecule has 2 heterocycles. The van der Waals surface area contributed by atoms with Crippen LogP contribution in [0.25, 0.3) is 0 Å². The summed E-state index contributed by atoms with van der Waals surface area (Å²) in [5, 5.41) is 0. The molecule has 4 nitrogen and oxygen atoms in total. The molecule has 5 rings (SSSR count). The summed E-state index contributed by atoms with van der Waals surface area (Å²) < 4.78 is 20.1. The van der Waals surface area contributed by atoms with Crippen LogP contribution < -0.4 is 9.34 Å². The molecule has 0 aromatic heterocycles. The van der Waals surface area contributed by atoms with Crippen molar-refractivity contribution >= 4 is 18.8 Å². The van der Waals surface area contributed by atoms with E-state index in [1.165, 1.54) is 5.57 Å². The Hall–Kier alpha value is -2.81. The minimum absolute atomic E-state index is 0.232. The summed E-state index contributed by atoms with van der Waals surface area (Å²) in [4.78, 5) is 2.47. The zero-order chi connectivity index (χ0) is 22.8. The van der Waals surface area contributed by atoms with Crippen LogP contribution in [0.15, 0.2) is 103 Å². The smallest absolute Gasteiger partial charge is 0.284 e. The zero-order valence-corrected chi connectivity index (χ0v) is 20.1. The van der Waals surface area contributed by atoms with E-state index in [2.05, 4.69) is 76.3 Å². The highest BCUT2D eigenvalue weighted by Gasteiger charge is 2.53. The van der Waals surface area contributed by atoms with Gasteiger partial charge in [-0.25, -0.2) is 0 Å². The maximum atomic E-state index is 15.7. The third-order valence-electron chi connectivity index (χ3n) is 6.93. The minimum atomic E-state index is -3.13. The van der Waals surface area contributed by atoms with E-state index in [-0.39, 0.29) is 11.8 Å². The molecule has 0 saturated carbocycles. The fraction of sp³-hybridized carbons (Fsp3) is 0.286. The van der Waals surface area contributed by atoms with Gasteiger partial charge in [0.25, 0.3) is 7.44 Å². The largest absolute Gasteiger partial charge is 0.304 e. The van der Waals surface area contributed by atoms with E-state index in [9.17, 15) is 0 Å². The van der Waals surface area contributed by atoms with E-state index in [0.717, 1.165) is 49.4 Å². The summed E-state index contributed by atoms with van der Waals surface area (Å²) in [5.41, 5.74) is 4.45. The van der Waals surface area contributed by atoms with Crippen LogP contribution in [0.5, 0.6) is 0 Å². The molecular formula is C28H32N3OP. The fourth-order valence-corrected chi connectivity index (χ4v) is 9.13. The molecule has 0 amide bonds. The van der Waals surface area contributed by atoms with Gasteiger partial charge in [-0.05, 0) is 49.6 Å². The van der Waals surface area contributed by atoms with Crippen LogP contribution in [0.2, 0.25) is 0 Å². The second kappa shape index (κ2) is 9.21. The molecule has 2 aliphatic heterocycles. The molecule has 170 valence electrons. The second-order valence-electron chi connectivity index (χ2n) is 9.08. The Bertz CT molecular complexity index is 1080. The van der Waals surface area contributed by atoms with Crippen LogP contribution in [-0.2, 0) is 4.57 Å². The lowest BCUT2D eigenvalue weighted by molar-refractivity contribution is 0.165. The van der Waals surface area contributed by atoms with Gasteiger partial charge in [-0.1, -0.05) is 78.9 Å². The van der Waals surface area contributed by atoms with Crippen molar-refractivity contribution in [3.05, 3.63) is 109 Å². The summed E-state index contributed by atoms with van der Waals surface area (Å²) in [7, 11) is -3.13. The van der Waals surface area contributed by atoms with Gasteiger partial charge in [-0.15, -0.1) is 0 Å². The average molecular weight is 458 g/mol. The number of hydrogen-bond acceptors (Lipinski definition) is 2. The lowest BCUT2D eigenvalue weighted by Crippen LogP contribution is -2.43. The normalized spacial score (nSPS) is 21.8. The Morgan fingerprint density at radius 1 is 0.788 bits per heavy atom. The molecule has 2 aliphatic rings. The Morgan fingerprint density at radius 3 is 1.76 bits per heavy atom. The highest BCUT2D eigenvalue weighted by Crippen LogP contribution is 2.70. The Kier molecular flexibility index (Phi) is 6.14. The predicted molar refractivity (Wildman–Crippen MR) is 139 cm³/mol. The molecule has 2 saturated heterocycles. The van der Waals surface area contributed by atoms with Crippen molar-refractivity contribution in [3.8, 4) is 0 Å². The van der Waals surface area contributed by atoms with Crippen molar-refractivity contribution in [2.75, 3.05) is 29.0 Å². The number of piperidine rings is 1. The number of likely N-dealkylation sites (tertiary alicyclic amines) is 1. The summed E-state index contributed by atoms with van der Waals surface area (Å²) in [6.07, 6.45) is 1.89. The molecule has 0 bridgehead atoms. The summed E-state index contributed by atoms with van der Waals surface area (Å²) >= 11 is 0. The van der Waals surface area contributed by atoms with Crippen molar-refractivity contribution in [2.24, 2.45) is 0 Å². The molecule has 3 aromatic carbocycles. The van der Waals surface area contributed by atoms with Crippen LogP contribution in [0.4, 0.5) is 11.4 Å². The topological polar surface area (TPSA) is 26.8 Å². The Morgan fingerprint density at radius 2 is 1.27 bits per heavy atom. The molecular weight excluding hydrogens is 425 g/mol. The van der Waals surface area contributed by atoms with Crippen molar-refractivity contribution in [3.63, 3.8) is 0 Å². The van der Waals surface area contributed by atoms with Crippen LogP contribution >= 0.6 is 7.44 Å². The fourth-order valence-electron chi connectivity index (χ4n) is 5.37. The van der Waals surface area contributed by atoms with Crippen molar-refractivity contribution < 1.29 is 4.57 Å². The molecule has 2 fully saturated rings. The molecule has 5 heteroatoms. The Balaban J connectivity index is 1.70. The third kappa shape index (κ3) is 4.03. The average Bonchev–Trinajstić information content (AvgIpc) is 3.20. The predicted octanol–water partition coefficient (Wildman–Crippen LogP) is 6.95. The molecule has 33 heavy (non-hydrogen) atoms. The molecule has 2 unspecified atom stereocenters. The van der Waals surface area contributed by atoms with E-state index >= 15 is 4.57 Å². The number of nitrogens with zero attached hydrogens (tertiary/aromatic N) is 3. The van der Waals surface area contributed by atoms with Crippen LogP contribution in [0.3, 0.4) is 0 Å². The number of hydrogen-bond donors (Lipinski definition) is 0. The first kappa shape index (κ1) is 22.0. The first-order valence-corrected chi connectivity index (χ1v) is 13.5. The van der Waals surface area contributed by atoms with Crippen LogP contribution in [0.1, 0.15) is 31.1 Å². The van der Waals surface area contributed by atoms with Crippen molar-refractivity contribution in [2.45, 2.75) is 31.6 Å². The highest BCUT2D eigenvalue weighted by atomic mass is 31.2. The van der Waals surface area contributed by atoms with E-state index < -0.39 is 7.44 Å². The first-order valence-electron chi connectivity index (χ1n) is 11.8. The van der Waals surface area contributed by atoms with E-state index in [4.69, 9.17) is 0 Å². The molecule has 0 N–H and O–H groups in total. The monoisotopic (exact) mass is 457 g/mol. The summed E-state index contributed by atoms with van der Waals surface area (Å²) in [5.74, 6) is -0.232. The summed E-state index contributed by atoms with van der Waals surface area (Å²) in [6, 6.07) is 31.3. The summed E-state index contributed by atoms with van der Waals surface area (Å²) in [6.45, 7) is 8.84. The molecule has 0 spiro atoms. The zero-order valence-electron chi connectivity index (χ0n) is 19.3. The number of anilines is 2. The first-order chi connectivity index (χ1) is 16.1. The van der Waals surface area contributed by atoms with Crippen molar-refractivity contribution in [1.82, 2.24) is 4.90 Å². The maximum Gasteiger partial charge on any atom is 0.284 e. The van der Waals surface area contributed by atoms with Gasteiger partial charge in [0.2, 0.25) is 0 Å². The maximum absolute atomic E-state index is 15.7. The van der Waals surface area contributed by atoms with Gasteiger partial charge in [0.15, 0.2) is 0 Å². The van der Waals surface area contributed by atoms with Gasteiger partial charge >= 0.3 is 0 Å². The second-order valence-corrected chi connectivity index (χ2v) is 11.7. The van der Waals surface area contributed by atoms with Gasteiger partial charge < -0.3 is 9.34 Å². The molecule has 0 aliphatic carbocycles. The minimum Gasteiger partial charge on any atom is -0.304 e. The molecule has 0 radical (unpaired) electrons. The number of para-hydroxylation sites is 2. The standard InChI is InChI=1S/C28H32N3OP/c1-23-18-19-29(24(2)22-23)28(25-12-6-3-7-13-25)33(32)30(26-14-8-4-9-15-26)20-21-31(33)27-16-10-5-11-17-27/h3-17,24,28H,1,18-22H2,2H3. The quantitative estimate of drug-likeness (QED) is 0.306. The number of benzene rings is 3. The van der Waals surface area contributed by atoms with Crippen LogP contribution in [-0.4, -0.2) is 30.6 Å². The number of rotatable bonds is 5. The molecule has 3 aromatic rings. The lowest BCUT2D eigenvalue weighted by atomic mass is 9.98. The lowest BCUT2D eigenvalue weighted by Gasteiger charge is -2.47. The third-order valence-corrected chi connectivity index (χ3v) is 10.4. The van der Waals surface area contributed by atoms with E-state index in [1.54, 1.807) is 0 Å². The highest BCUT2D eigenvalue weighted by molar-refractivity contribution is 7.67. The van der Waals surface area contributed by atoms with Gasteiger partial charge in [-0.3, -0.25) is 9.46 Å². The van der Waals surface area contributed by atoms with Gasteiger partial charge in [0.1, 0.15) is 5.78 Å². The van der Waals surface area contributed by atoms with Crippen molar-refractivity contribution in [1.29, 1.82) is 0 Å². The van der Waals surface area contributed by atoms with E-state index in [0.29, 0.717) is 0 Å². The van der Waals surface area contributed by atoms with E-state index in [1.807, 2.05) is 42.5 Å². The Labute approximate surface area is 197 Å². The van der Waals surface area contributed by atoms with Gasteiger partial charge in [0, 0.05) is 37.1 Å². The molecule has 2 atom stereocenters. The van der Waals surface area contributed by atoms with Crippen LogP contribution in [0, 0.1) is 0 Å². The SMILES string of the molecule is C=C1CCN(C(c2ccccc2)P2(=O)N(c3ccccc3)CCN2c2ccccc2)C(C)C1. The van der Waals surface area contributed by atoms with Gasteiger partial charge in [0.05, 0.1) is 0 Å².